The van der Waals surface area contributed by atoms with Gasteiger partial charge in [-0.05, 0) is 6.92 Å². The highest BCUT2D eigenvalue weighted by Crippen LogP contribution is 2.29. The average molecular weight is 413 g/mol. The predicted octanol–water partition coefficient (Wildman–Crippen LogP) is 1.18. The van der Waals surface area contributed by atoms with Gasteiger partial charge in [0.05, 0.1) is 24.9 Å². The van der Waals surface area contributed by atoms with Crippen LogP contribution < -0.4 is 20.7 Å². The molecule has 0 unspecified atom stereocenters. The maximum Gasteiger partial charge on any atom is 0.229 e. The summed E-state index contributed by atoms with van der Waals surface area (Å²) in [6, 6.07) is 2.11. The van der Waals surface area contributed by atoms with Crippen LogP contribution in [-0.4, -0.2) is 63.8 Å². The SMILES string of the molecule is CCC(=O)NC1CC(Oc2cc(-c3cnc(N)nc3)nc(N3CCOC[C@@H]3C)n2)C1. The fourth-order valence-electron chi connectivity index (χ4n) is 3.52. The molecule has 4 rings (SSSR count). The monoisotopic (exact) mass is 413 g/mol. The number of nitrogens with zero attached hydrogens (tertiary/aromatic N) is 5. The van der Waals surface area contributed by atoms with Crippen molar-refractivity contribution in [1.29, 1.82) is 0 Å². The van der Waals surface area contributed by atoms with E-state index in [0.717, 1.165) is 18.4 Å². The van der Waals surface area contributed by atoms with Gasteiger partial charge in [-0.15, -0.1) is 0 Å². The van der Waals surface area contributed by atoms with Gasteiger partial charge in [0.2, 0.25) is 23.7 Å². The maximum absolute atomic E-state index is 11.5. The van der Waals surface area contributed by atoms with Crippen LogP contribution in [0.15, 0.2) is 18.5 Å². The topological polar surface area (TPSA) is 128 Å². The number of morpholine rings is 1. The molecular formula is C20H27N7O3. The number of carbonyl (C=O) groups excluding carboxylic acids is 1. The lowest BCUT2D eigenvalue weighted by Crippen LogP contribution is -2.49. The molecule has 2 aliphatic rings. The molecule has 160 valence electrons. The van der Waals surface area contributed by atoms with E-state index in [1.54, 1.807) is 18.5 Å². The standard InChI is InChI=1S/C20H27N7O3/c1-3-17(28)24-14-6-15(7-14)30-18-8-16(13-9-22-19(21)23-10-13)25-20(26-18)27-4-5-29-11-12(27)2/h8-10,12,14-15H,3-7,11H2,1-2H3,(H,24,28)(H2,21,22,23)/t12-,14?,15?/m0/s1. The maximum atomic E-state index is 11.5. The summed E-state index contributed by atoms with van der Waals surface area (Å²) in [6.45, 7) is 5.88. The third kappa shape index (κ3) is 4.59. The molecule has 2 aromatic rings. The lowest BCUT2D eigenvalue weighted by atomic mass is 9.89. The molecule has 0 radical (unpaired) electrons. The molecule has 1 saturated heterocycles. The number of rotatable bonds is 6. The molecule has 1 amide bonds. The Morgan fingerprint density at radius 3 is 2.80 bits per heavy atom. The number of carbonyl (C=O) groups is 1. The predicted molar refractivity (Wildman–Crippen MR) is 111 cm³/mol. The molecule has 2 fully saturated rings. The first-order chi connectivity index (χ1) is 14.5. The number of ether oxygens (including phenoxy) is 2. The van der Waals surface area contributed by atoms with E-state index in [-0.39, 0.29) is 30.0 Å². The van der Waals surface area contributed by atoms with Crippen LogP contribution >= 0.6 is 0 Å². The number of amides is 1. The Bertz CT molecular complexity index is 886. The van der Waals surface area contributed by atoms with Crippen molar-refractivity contribution in [3.63, 3.8) is 0 Å². The van der Waals surface area contributed by atoms with Gasteiger partial charge in [0.25, 0.3) is 0 Å². The Hall–Kier alpha value is -3.01. The van der Waals surface area contributed by atoms with Crippen LogP contribution in [0.5, 0.6) is 5.88 Å². The summed E-state index contributed by atoms with van der Waals surface area (Å²) >= 11 is 0. The van der Waals surface area contributed by atoms with E-state index in [2.05, 4.69) is 32.1 Å². The molecule has 10 nitrogen and oxygen atoms in total. The smallest absolute Gasteiger partial charge is 0.229 e. The van der Waals surface area contributed by atoms with E-state index >= 15 is 0 Å². The zero-order valence-electron chi connectivity index (χ0n) is 17.2. The average Bonchev–Trinajstić information content (AvgIpc) is 2.72. The summed E-state index contributed by atoms with van der Waals surface area (Å²) in [7, 11) is 0. The Kier molecular flexibility index (Phi) is 5.93. The van der Waals surface area contributed by atoms with E-state index < -0.39 is 0 Å². The number of nitrogen functional groups attached to an aromatic ring is 1. The van der Waals surface area contributed by atoms with Gasteiger partial charge >= 0.3 is 0 Å². The molecule has 3 N–H and O–H groups in total. The second-order valence-electron chi connectivity index (χ2n) is 7.67. The Morgan fingerprint density at radius 1 is 1.33 bits per heavy atom. The number of nitrogens with two attached hydrogens (primary N) is 1. The van der Waals surface area contributed by atoms with E-state index in [9.17, 15) is 4.79 Å². The van der Waals surface area contributed by atoms with Crippen molar-refractivity contribution < 1.29 is 14.3 Å². The first-order valence-corrected chi connectivity index (χ1v) is 10.3. The fourth-order valence-corrected chi connectivity index (χ4v) is 3.52. The van der Waals surface area contributed by atoms with Crippen LogP contribution in [0.4, 0.5) is 11.9 Å². The highest BCUT2D eigenvalue weighted by Gasteiger charge is 2.32. The minimum atomic E-state index is 0.00698. The Balaban J connectivity index is 1.55. The van der Waals surface area contributed by atoms with Crippen molar-refractivity contribution in [3.8, 4) is 17.1 Å². The molecule has 3 heterocycles. The van der Waals surface area contributed by atoms with Crippen molar-refractivity contribution in [1.82, 2.24) is 25.3 Å². The summed E-state index contributed by atoms with van der Waals surface area (Å²) in [5.74, 6) is 1.36. The Morgan fingerprint density at radius 2 is 2.10 bits per heavy atom. The zero-order chi connectivity index (χ0) is 21.1. The second kappa shape index (κ2) is 8.78. The summed E-state index contributed by atoms with van der Waals surface area (Å²) < 4.78 is 11.7. The van der Waals surface area contributed by atoms with Crippen molar-refractivity contribution in [2.24, 2.45) is 0 Å². The van der Waals surface area contributed by atoms with Crippen LogP contribution in [0, 0.1) is 0 Å². The molecule has 1 atom stereocenters. The molecule has 0 spiro atoms. The molecule has 0 aromatic carbocycles. The van der Waals surface area contributed by atoms with Crippen LogP contribution in [0.2, 0.25) is 0 Å². The van der Waals surface area contributed by atoms with Gasteiger partial charge in [0.15, 0.2) is 0 Å². The lowest BCUT2D eigenvalue weighted by molar-refractivity contribution is -0.122. The van der Waals surface area contributed by atoms with E-state index in [1.165, 1.54) is 0 Å². The van der Waals surface area contributed by atoms with Crippen LogP contribution in [0.25, 0.3) is 11.3 Å². The fraction of sp³-hybridized carbons (Fsp3) is 0.550. The third-order valence-electron chi connectivity index (χ3n) is 5.35. The first-order valence-electron chi connectivity index (χ1n) is 10.3. The highest BCUT2D eigenvalue weighted by molar-refractivity contribution is 5.75. The molecule has 1 aliphatic heterocycles. The quantitative estimate of drug-likeness (QED) is 0.717. The van der Waals surface area contributed by atoms with E-state index in [1.807, 2.05) is 6.92 Å². The van der Waals surface area contributed by atoms with Gasteiger partial charge in [-0.2, -0.15) is 4.98 Å². The van der Waals surface area contributed by atoms with Gasteiger partial charge in [-0.25, -0.2) is 15.0 Å². The van der Waals surface area contributed by atoms with Crippen molar-refractivity contribution >= 4 is 17.8 Å². The first kappa shape index (κ1) is 20.3. The lowest BCUT2D eigenvalue weighted by Gasteiger charge is -2.36. The highest BCUT2D eigenvalue weighted by atomic mass is 16.5. The summed E-state index contributed by atoms with van der Waals surface area (Å²) in [5, 5.41) is 2.99. The summed E-state index contributed by atoms with van der Waals surface area (Å²) in [4.78, 5) is 31.2. The number of nitrogens with one attached hydrogen (secondary N) is 1. The van der Waals surface area contributed by atoms with Gasteiger partial charge < -0.3 is 25.4 Å². The number of hydrogen-bond acceptors (Lipinski definition) is 9. The molecule has 1 saturated carbocycles. The van der Waals surface area contributed by atoms with Gasteiger partial charge in [-0.1, -0.05) is 6.92 Å². The number of aromatic nitrogens is 4. The molecular weight excluding hydrogens is 386 g/mol. The van der Waals surface area contributed by atoms with E-state index in [4.69, 9.17) is 20.2 Å². The molecule has 2 aromatic heterocycles. The van der Waals surface area contributed by atoms with Crippen molar-refractivity contribution in [3.05, 3.63) is 18.5 Å². The number of hydrogen-bond donors (Lipinski definition) is 2. The summed E-state index contributed by atoms with van der Waals surface area (Å²) in [6.07, 6.45) is 5.30. The van der Waals surface area contributed by atoms with Crippen molar-refractivity contribution in [2.45, 2.75) is 51.3 Å². The van der Waals surface area contributed by atoms with Crippen LogP contribution in [-0.2, 0) is 9.53 Å². The minimum Gasteiger partial charge on any atom is -0.474 e. The molecule has 1 aliphatic carbocycles. The van der Waals surface area contributed by atoms with Crippen LogP contribution in [0.3, 0.4) is 0 Å². The van der Waals surface area contributed by atoms with Gasteiger partial charge in [0, 0.05) is 55.9 Å². The minimum absolute atomic E-state index is 0.00698. The third-order valence-corrected chi connectivity index (χ3v) is 5.35. The van der Waals surface area contributed by atoms with Gasteiger partial charge in [-0.3, -0.25) is 4.79 Å². The zero-order valence-corrected chi connectivity index (χ0v) is 17.2. The molecule has 30 heavy (non-hydrogen) atoms. The van der Waals surface area contributed by atoms with Crippen molar-refractivity contribution in [2.75, 3.05) is 30.4 Å². The number of anilines is 2. The largest absolute Gasteiger partial charge is 0.474 e. The molecule has 0 bridgehead atoms. The van der Waals surface area contributed by atoms with Crippen LogP contribution in [0.1, 0.15) is 33.1 Å². The Labute approximate surface area is 175 Å². The summed E-state index contributed by atoms with van der Waals surface area (Å²) in [5.41, 5.74) is 7.02. The second-order valence-corrected chi connectivity index (χ2v) is 7.67. The molecule has 10 heteroatoms. The van der Waals surface area contributed by atoms with E-state index in [0.29, 0.717) is 43.7 Å². The van der Waals surface area contributed by atoms with Gasteiger partial charge in [0.1, 0.15) is 6.10 Å². The normalized spacial score (nSPS) is 23.5.